The number of carbonyl (C=O) groups is 1. The molecule has 2 heterocycles. The van der Waals surface area contributed by atoms with E-state index >= 15 is 0 Å². The Morgan fingerprint density at radius 2 is 2.15 bits per heavy atom. The van der Waals surface area contributed by atoms with Crippen molar-refractivity contribution in [1.29, 1.82) is 5.26 Å². The molecule has 0 fully saturated rings. The lowest BCUT2D eigenvalue weighted by atomic mass is 10.2. The minimum atomic E-state index is -0.222. The van der Waals surface area contributed by atoms with Crippen LogP contribution in [-0.4, -0.2) is 22.7 Å². The summed E-state index contributed by atoms with van der Waals surface area (Å²) < 4.78 is 0. The van der Waals surface area contributed by atoms with Gasteiger partial charge in [-0.25, -0.2) is 4.98 Å². The number of para-hydroxylation sites is 1. The highest BCUT2D eigenvalue weighted by atomic mass is 32.2. The van der Waals surface area contributed by atoms with Crippen molar-refractivity contribution in [3.63, 3.8) is 0 Å². The number of hydrogen-bond acceptors (Lipinski definition) is 4. The summed E-state index contributed by atoms with van der Waals surface area (Å²) in [5.74, 6) is 0.119. The van der Waals surface area contributed by atoms with Gasteiger partial charge in [0.2, 0.25) is 5.91 Å². The van der Waals surface area contributed by atoms with Crippen molar-refractivity contribution >= 4 is 23.4 Å². The number of pyridine rings is 1. The summed E-state index contributed by atoms with van der Waals surface area (Å²) >= 11 is 1.45. The van der Waals surface area contributed by atoms with Gasteiger partial charge in [-0.3, -0.25) is 4.79 Å². The molecule has 1 atom stereocenters. The quantitative estimate of drug-likeness (QED) is 0.773. The van der Waals surface area contributed by atoms with Gasteiger partial charge in [0, 0.05) is 17.9 Å². The van der Waals surface area contributed by atoms with E-state index in [4.69, 9.17) is 4.98 Å². The molecule has 0 radical (unpaired) electrons. The fourth-order valence-corrected chi connectivity index (χ4v) is 4.87. The van der Waals surface area contributed by atoms with Crippen molar-refractivity contribution < 1.29 is 4.79 Å². The molecule has 0 saturated heterocycles. The van der Waals surface area contributed by atoms with Crippen LogP contribution in [0.1, 0.15) is 42.1 Å². The van der Waals surface area contributed by atoms with Gasteiger partial charge in [0.15, 0.2) is 0 Å². The lowest BCUT2D eigenvalue weighted by Gasteiger charge is -2.23. The fourth-order valence-electron chi connectivity index (χ4n) is 3.81. The SMILES string of the molecule is CCC(Sc1nc2c(cc1C#N)CCC2)C(=O)N1CCc2ccccc21. The number of aryl methyl sites for hydroxylation is 2. The third-order valence-corrected chi connectivity index (χ3v) is 6.54. The zero-order chi connectivity index (χ0) is 18.1. The molecule has 2 aliphatic rings. The third kappa shape index (κ3) is 2.99. The van der Waals surface area contributed by atoms with E-state index in [9.17, 15) is 10.1 Å². The average molecular weight is 363 g/mol. The van der Waals surface area contributed by atoms with Gasteiger partial charge in [-0.2, -0.15) is 5.26 Å². The maximum Gasteiger partial charge on any atom is 0.240 e. The minimum Gasteiger partial charge on any atom is -0.311 e. The number of rotatable bonds is 4. The average Bonchev–Trinajstić information content (AvgIpc) is 3.30. The van der Waals surface area contributed by atoms with E-state index in [1.807, 2.05) is 36.1 Å². The number of amides is 1. The molecular formula is C21H21N3OS. The van der Waals surface area contributed by atoms with Gasteiger partial charge < -0.3 is 4.90 Å². The van der Waals surface area contributed by atoms with E-state index < -0.39 is 0 Å². The highest BCUT2D eigenvalue weighted by molar-refractivity contribution is 8.00. The number of aromatic nitrogens is 1. The molecule has 1 aliphatic carbocycles. The van der Waals surface area contributed by atoms with Gasteiger partial charge in [-0.1, -0.05) is 36.9 Å². The molecule has 26 heavy (non-hydrogen) atoms. The normalized spacial score (nSPS) is 16.1. The summed E-state index contributed by atoms with van der Waals surface area (Å²) in [6.45, 7) is 2.76. The van der Waals surface area contributed by atoms with E-state index in [1.165, 1.54) is 22.9 Å². The van der Waals surface area contributed by atoms with Crippen LogP contribution < -0.4 is 4.90 Å². The van der Waals surface area contributed by atoms with Crippen LogP contribution in [-0.2, 0) is 24.1 Å². The highest BCUT2D eigenvalue weighted by Gasteiger charge is 2.31. The number of carbonyl (C=O) groups excluding carboxylic acids is 1. The second-order valence-electron chi connectivity index (χ2n) is 6.80. The second-order valence-corrected chi connectivity index (χ2v) is 7.99. The summed E-state index contributed by atoms with van der Waals surface area (Å²) in [5, 5.41) is 10.0. The first-order valence-electron chi connectivity index (χ1n) is 9.20. The Hall–Kier alpha value is -2.32. The maximum absolute atomic E-state index is 13.2. The van der Waals surface area contributed by atoms with Crippen LogP contribution >= 0.6 is 11.8 Å². The Kier molecular flexibility index (Phi) is 4.69. The smallest absolute Gasteiger partial charge is 0.240 e. The molecule has 0 spiro atoms. The molecule has 1 unspecified atom stereocenters. The molecule has 1 amide bonds. The van der Waals surface area contributed by atoms with Crippen LogP contribution in [0.4, 0.5) is 5.69 Å². The van der Waals surface area contributed by atoms with Gasteiger partial charge >= 0.3 is 0 Å². The van der Waals surface area contributed by atoms with E-state index in [2.05, 4.69) is 12.1 Å². The first-order valence-corrected chi connectivity index (χ1v) is 10.1. The van der Waals surface area contributed by atoms with Crippen molar-refractivity contribution in [2.24, 2.45) is 0 Å². The molecule has 0 saturated carbocycles. The zero-order valence-electron chi connectivity index (χ0n) is 14.9. The first-order chi connectivity index (χ1) is 12.7. The predicted octanol–water partition coefficient (Wildman–Crippen LogP) is 3.90. The number of fused-ring (bicyclic) bond motifs is 2. The number of thioether (sulfide) groups is 1. The van der Waals surface area contributed by atoms with Crippen LogP contribution in [0.3, 0.4) is 0 Å². The molecule has 4 nitrogen and oxygen atoms in total. The minimum absolute atomic E-state index is 0.119. The number of hydrogen-bond donors (Lipinski definition) is 0. The Morgan fingerprint density at radius 3 is 2.96 bits per heavy atom. The molecule has 4 rings (SSSR count). The molecule has 1 aromatic heterocycles. The predicted molar refractivity (Wildman–Crippen MR) is 103 cm³/mol. The Balaban J connectivity index is 1.59. The fraction of sp³-hybridized carbons (Fsp3) is 0.381. The van der Waals surface area contributed by atoms with Gasteiger partial charge in [-0.15, -0.1) is 0 Å². The molecule has 0 bridgehead atoms. The number of anilines is 1. The largest absolute Gasteiger partial charge is 0.311 e. The molecule has 1 aromatic carbocycles. The van der Waals surface area contributed by atoms with Crippen molar-refractivity contribution in [2.45, 2.75) is 49.3 Å². The van der Waals surface area contributed by atoms with Crippen LogP contribution in [0, 0.1) is 11.3 Å². The molecule has 132 valence electrons. The summed E-state index contributed by atoms with van der Waals surface area (Å²) in [4.78, 5) is 19.8. The molecule has 2 aromatic rings. The number of benzene rings is 1. The molecule has 1 aliphatic heterocycles. The van der Waals surface area contributed by atoms with Crippen molar-refractivity contribution in [1.82, 2.24) is 4.98 Å². The second kappa shape index (κ2) is 7.13. The van der Waals surface area contributed by atoms with Crippen molar-refractivity contribution in [3.05, 3.63) is 52.7 Å². The number of nitrogens with zero attached hydrogens (tertiary/aromatic N) is 3. The lowest BCUT2D eigenvalue weighted by Crippen LogP contribution is -2.36. The topological polar surface area (TPSA) is 57.0 Å². The van der Waals surface area contributed by atoms with Gasteiger partial charge in [0.05, 0.1) is 10.8 Å². The Morgan fingerprint density at radius 1 is 1.31 bits per heavy atom. The first kappa shape index (κ1) is 17.1. The molecule has 5 heteroatoms. The van der Waals surface area contributed by atoms with Crippen molar-refractivity contribution in [2.75, 3.05) is 11.4 Å². The number of nitriles is 1. The van der Waals surface area contributed by atoms with Gasteiger partial charge in [0.1, 0.15) is 11.1 Å². The van der Waals surface area contributed by atoms with E-state index in [0.717, 1.165) is 43.6 Å². The Labute approximate surface area is 158 Å². The van der Waals surface area contributed by atoms with Crippen LogP contribution in [0.5, 0.6) is 0 Å². The van der Waals surface area contributed by atoms with Crippen LogP contribution in [0.15, 0.2) is 35.4 Å². The molecule has 0 N–H and O–H groups in total. The van der Waals surface area contributed by atoms with E-state index in [0.29, 0.717) is 17.0 Å². The maximum atomic E-state index is 13.2. The third-order valence-electron chi connectivity index (χ3n) is 5.19. The lowest BCUT2D eigenvalue weighted by molar-refractivity contribution is -0.118. The summed E-state index contributed by atoms with van der Waals surface area (Å²) in [7, 11) is 0. The standard InChI is InChI=1S/C21H21N3OS/c1-2-19(21(25)24-11-10-14-6-3-4-9-18(14)24)26-20-16(13-22)12-15-7-5-8-17(15)23-20/h3-4,6,9,12,19H,2,5,7-8,10-11H2,1H3. The summed E-state index contributed by atoms with van der Waals surface area (Å²) in [5.41, 5.74) is 5.15. The van der Waals surface area contributed by atoms with Crippen LogP contribution in [0.25, 0.3) is 0 Å². The van der Waals surface area contributed by atoms with Gasteiger partial charge in [0.25, 0.3) is 0 Å². The molecular weight excluding hydrogens is 342 g/mol. The van der Waals surface area contributed by atoms with Crippen molar-refractivity contribution in [3.8, 4) is 6.07 Å². The van der Waals surface area contributed by atoms with Crippen LogP contribution in [0.2, 0.25) is 0 Å². The van der Waals surface area contributed by atoms with E-state index in [-0.39, 0.29) is 11.2 Å². The summed E-state index contributed by atoms with van der Waals surface area (Å²) in [6, 6.07) is 12.4. The van der Waals surface area contributed by atoms with Gasteiger partial charge in [-0.05, 0) is 55.4 Å². The zero-order valence-corrected chi connectivity index (χ0v) is 15.7. The highest BCUT2D eigenvalue weighted by Crippen LogP contribution is 2.34. The monoisotopic (exact) mass is 363 g/mol. The summed E-state index contributed by atoms with van der Waals surface area (Å²) in [6.07, 6.45) is 4.69. The van der Waals surface area contributed by atoms with E-state index in [1.54, 1.807) is 0 Å². The Bertz CT molecular complexity index is 903.